The van der Waals surface area contributed by atoms with Crippen molar-refractivity contribution < 1.29 is 4.74 Å². The molecule has 1 aliphatic rings. The molecule has 0 aromatic heterocycles. The smallest absolute Gasteiger partial charge is 0.0626 e. The molecule has 1 radical (unpaired) electrons. The molecule has 1 aliphatic heterocycles. The van der Waals surface area contributed by atoms with Gasteiger partial charge in [0.25, 0.3) is 0 Å². The maximum absolute atomic E-state index is 5.75. The van der Waals surface area contributed by atoms with Crippen molar-refractivity contribution in [2.75, 3.05) is 6.61 Å². The predicted molar refractivity (Wildman–Crippen MR) is 51.9 cm³/mol. The molecule has 1 rings (SSSR count). The Morgan fingerprint density at radius 3 is 2.58 bits per heavy atom. The van der Waals surface area contributed by atoms with E-state index in [1.165, 1.54) is 12.8 Å². The van der Waals surface area contributed by atoms with Crippen molar-refractivity contribution in [2.45, 2.75) is 46.1 Å². The highest BCUT2D eigenvalue weighted by atomic mass is 16.5. The minimum absolute atomic E-state index is 0.299. The van der Waals surface area contributed by atoms with E-state index in [-0.39, 0.29) is 0 Å². The van der Waals surface area contributed by atoms with Gasteiger partial charge in [-0.25, -0.2) is 0 Å². The van der Waals surface area contributed by atoms with Gasteiger partial charge in [-0.3, -0.25) is 0 Å². The van der Waals surface area contributed by atoms with Gasteiger partial charge in [0, 0.05) is 6.61 Å². The lowest BCUT2D eigenvalue weighted by atomic mass is 9.80. The Morgan fingerprint density at radius 2 is 2.08 bits per heavy atom. The van der Waals surface area contributed by atoms with Crippen LogP contribution >= 0.6 is 0 Å². The van der Waals surface area contributed by atoms with Gasteiger partial charge in [0.15, 0.2) is 0 Å². The fourth-order valence-corrected chi connectivity index (χ4v) is 1.73. The number of ether oxygens (including phenoxy) is 1. The second kappa shape index (κ2) is 3.78. The van der Waals surface area contributed by atoms with E-state index in [1.807, 2.05) is 0 Å². The maximum atomic E-state index is 5.75. The number of hydrogen-bond acceptors (Lipinski definition) is 1. The second-order valence-electron chi connectivity index (χ2n) is 4.90. The zero-order chi connectivity index (χ0) is 9.19. The highest BCUT2D eigenvalue weighted by molar-refractivity contribution is 4.81. The van der Waals surface area contributed by atoms with Gasteiger partial charge < -0.3 is 4.74 Å². The normalized spacial score (nSPS) is 32.0. The van der Waals surface area contributed by atoms with Crippen LogP contribution in [-0.2, 0) is 4.74 Å². The number of hydrogen-bond donors (Lipinski definition) is 0. The lowest BCUT2D eigenvalue weighted by Crippen LogP contribution is -2.35. The van der Waals surface area contributed by atoms with Crippen LogP contribution in [0.25, 0.3) is 0 Å². The molecule has 2 atom stereocenters. The van der Waals surface area contributed by atoms with Gasteiger partial charge in [0.05, 0.1) is 6.10 Å². The average Bonchev–Trinajstić information content (AvgIpc) is 2.03. The third-order valence-corrected chi connectivity index (χ3v) is 2.77. The van der Waals surface area contributed by atoms with Crippen molar-refractivity contribution in [1.82, 2.24) is 0 Å². The lowest BCUT2D eigenvalue weighted by Gasteiger charge is -2.37. The first-order valence-electron chi connectivity index (χ1n) is 4.95. The fraction of sp³-hybridized carbons (Fsp3) is 0.909. The Bertz CT molecular complexity index is 134. The summed E-state index contributed by atoms with van der Waals surface area (Å²) in [6, 6.07) is 0. The zero-order valence-electron chi connectivity index (χ0n) is 8.60. The molecule has 1 nitrogen and oxygen atoms in total. The molecule has 1 heterocycles. The number of rotatable bonds is 1. The highest BCUT2D eigenvalue weighted by Crippen LogP contribution is 2.33. The largest absolute Gasteiger partial charge is 0.378 e. The molecule has 12 heavy (non-hydrogen) atoms. The first-order valence-corrected chi connectivity index (χ1v) is 4.95. The van der Waals surface area contributed by atoms with Crippen molar-refractivity contribution in [2.24, 2.45) is 11.3 Å². The molecule has 0 N–H and O–H groups in total. The molecule has 71 valence electrons. The van der Waals surface area contributed by atoms with Crippen molar-refractivity contribution in [3.63, 3.8) is 0 Å². The van der Waals surface area contributed by atoms with Crippen molar-refractivity contribution in [1.29, 1.82) is 0 Å². The maximum Gasteiger partial charge on any atom is 0.0626 e. The standard InChI is InChI=1S/C11H21O/c1-5-9-6-7-12-10(8-9)11(2,3)4/h9-10H,1,5-8H2,2-4H3. The van der Waals surface area contributed by atoms with E-state index < -0.39 is 0 Å². The van der Waals surface area contributed by atoms with E-state index in [0.717, 1.165) is 18.9 Å². The summed E-state index contributed by atoms with van der Waals surface area (Å²) in [5.74, 6) is 0.794. The third-order valence-electron chi connectivity index (χ3n) is 2.77. The van der Waals surface area contributed by atoms with E-state index in [2.05, 4.69) is 27.7 Å². The van der Waals surface area contributed by atoms with Gasteiger partial charge in [0.1, 0.15) is 0 Å². The molecule has 0 aromatic carbocycles. The van der Waals surface area contributed by atoms with E-state index in [0.29, 0.717) is 11.5 Å². The van der Waals surface area contributed by atoms with Gasteiger partial charge in [-0.15, -0.1) is 0 Å². The first-order chi connectivity index (χ1) is 5.54. The SMILES string of the molecule is [CH2]CC1CCOC(C(C)(C)C)C1. The Hall–Kier alpha value is -0.0400. The topological polar surface area (TPSA) is 9.23 Å². The van der Waals surface area contributed by atoms with E-state index in [9.17, 15) is 0 Å². The summed E-state index contributed by atoms with van der Waals surface area (Å²) in [7, 11) is 0. The summed E-state index contributed by atoms with van der Waals surface area (Å²) in [6.45, 7) is 11.7. The Morgan fingerprint density at radius 1 is 1.42 bits per heavy atom. The molecule has 1 heteroatoms. The Balaban J connectivity index is 2.46. The molecule has 1 saturated heterocycles. The van der Waals surface area contributed by atoms with Crippen LogP contribution in [0.4, 0.5) is 0 Å². The van der Waals surface area contributed by atoms with Crippen LogP contribution < -0.4 is 0 Å². The molecular weight excluding hydrogens is 148 g/mol. The summed E-state index contributed by atoms with van der Waals surface area (Å²) in [4.78, 5) is 0. The molecule has 0 aromatic rings. The van der Waals surface area contributed by atoms with E-state index in [4.69, 9.17) is 4.74 Å². The van der Waals surface area contributed by atoms with Gasteiger partial charge >= 0.3 is 0 Å². The molecule has 0 amide bonds. The molecular formula is C11H21O. The quantitative estimate of drug-likeness (QED) is 0.586. The summed E-state index contributed by atoms with van der Waals surface area (Å²) >= 11 is 0. The second-order valence-corrected chi connectivity index (χ2v) is 4.90. The van der Waals surface area contributed by atoms with Crippen LogP contribution in [0.5, 0.6) is 0 Å². The zero-order valence-corrected chi connectivity index (χ0v) is 8.60. The molecule has 0 aliphatic carbocycles. The van der Waals surface area contributed by atoms with Crippen LogP contribution in [0.15, 0.2) is 0 Å². The lowest BCUT2D eigenvalue weighted by molar-refractivity contribution is -0.0661. The fourth-order valence-electron chi connectivity index (χ4n) is 1.73. The van der Waals surface area contributed by atoms with Crippen LogP contribution in [0.3, 0.4) is 0 Å². The van der Waals surface area contributed by atoms with Crippen molar-refractivity contribution in [3.8, 4) is 0 Å². The summed E-state index contributed by atoms with van der Waals surface area (Å²) in [5, 5.41) is 0. The van der Waals surface area contributed by atoms with E-state index >= 15 is 0 Å². The minimum atomic E-state index is 0.299. The third kappa shape index (κ3) is 2.48. The van der Waals surface area contributed by atoms with Crippen LogP contribution in [0.1, 0.15) is 40.0 Å². The van der Waals surface area contributed by atoms with Gasteiger partial charge in [0.2, 0.25) is 0 Å². The van der Waals surface area contributed by atoms with Crippen LogP contribution in [-0.4, -0.2) is 12.7 Å². The molecule has 0 bridgehead atoms. The van der Waals surface area contributed by atoms with Gasteiger partial charge in [-0.05, 0) is 24.2 Å². The average molecular weight is 169 g/mol. The summed E-state index contributed by atoms with van der Waals surface area (Å²) < 4.78 is 5.75. The van der Waals surface area contributed by atoms with Crippen LogP contribution in [0, 0.1) is 18.3 Å². The molecule has 2 unspecified atom stereocenters. The van der Waals surface area contributed by atoms with E-state index in [1.54, 1.807) is 0 Å². The Labute approximate surface area is 76.5 Å². The first kappa shape index (κ1) is 10.0. The Kier molecular flexibility index (Phi) is 3.16. The summed E-state index contributed by atoms with van der Waals surface area (Å²) in [5.41, 5.74) is 0.299. The predicted octanol–water partition coefficient (Wildman–Crippen LogP) is 3.05. The minimum Gasteiger partial charge on any atom is -0.378 e. The van der Waals surface area contributed by atoms with Crippen LogP contribution in [0.2, 0.25) is 0 Å². The molecule has 0 saturated carbocycles. The van der Waals surface area contributed by atoms with Gasteiger partial charge in [-0.1, -0.05) is 34.1 Å². The molecule has 0 spiro atoms. The highest BCUT2D eigenvalue weighted by Gasteiger charge is 2.30. The monoisotopic (exact) mass is 169 g/mol. The van der Waals surface area contributed by atoms with Gasteiger partial charge in [-0.2, -0.15) is 0 Å². The van der Waals surface area contributed by atoms with Crippen molar-refractivity contribution >= 4 is 0 Å². The summed E-state index contributed by atoms with van der Waals surface area (Å²) in [6.07, 6.45) is 3.91. The molecule has 1 fully saturated rings. The van der Waals surface area contributed by atoms with Crippen molar-refractivity contribution in [3.05, 3.63) is 6.92 Å².